The standard InChI is InChI=1S/C27H27N3O3/c1-16-7-5-6-8-19(16)30-15-29-26-24(25(30)28)22(17-9-11-18(32-4)12-10-17)23-20(31)13-27(2,3)14-21(23)33-26/h5-12,15,22,28H,13-14H2,1-4H3. The molecule has 1 atom stereocenters. The molecule has 1 aliphatic carbocycles. The van der Waals surface area contributed by atoms with E-state index in [9.17, 15) is 4.79 Å². The van der Waals surface area contributed by atoms with Gasteiger partial charge in [0.05, 0.1) is 18.4 Å². The second-order valence-corrected chi connectivity index (χ2v) is 9.55. The highest BCUT2D eigenvalue weighted by Gasteiger charge is 2.43. The Morgan fingerprint density at radius 1 is 1.12 bits per heavy atom. The predicted molar refractivity (Wildman–Crippen MR) is 125 cm³/mol. The fourth-order valence-corrected chi connectivity index (χ4v) is 4.91. The lowest BCUT2D eigenvalue weighted by molar-refractivity contribution is -0.118. The van der Waals surface area contributed by atoms with Crippen molar-refractivity contribution in [2.75, 3.05) is 7.11 Å². The van der Waals surface area contributed by atoms with Crippen molar-refractivity contribution in [3.05, 3.63) is 88.4 Å². The van der Waals surface area contributed by atoms with Crippen LogP contribution >= 0.6 is 0 Å². The van der Waals surface area contributed by atoms with E-state index in [1.165, 1.54) is 0 Å². The summed E-state index contributed by atoms with van der Waals surface area (Å²) in [7, 11) is 1.63. The topological polar surface area (TPSA) is 77.2 Å². The first-order valence-corrected chi connectivity index (χ1v) is 11.1. The second-order valence-electron chi connectivity index (χ2n) is 9.55. The maximum absolute atomic E-state index is 13.4. The Balaban J connectivity index is 1.76. The molecule has 6 heteroatoms. The molecule has 0 bridgehead atoms. The minimum Gasteiger partial charge on any atom is -0.497 e. The van der Waals surface area contributed by atoms with Gasteiger partial charge in [0.2, 0.25) is 5.88 Å². The van der Waals surface area contributed by atoms with Crippen molar-refractivity contribution >= 4 is 5.78 Å². The molecule has 1 aliphatic heterocycles. The number of aryl methyl sites for hydroxylation is 1. The van der Waals surface area contributed by atoms with Crippen molar-refractivity contribution < 1.29 is 14.3 Å². The molecule has 2 aliphatic rings. The zero-order valence-electron chi connectivity index (χ0n) is 19.3. The minimum atomic E-state index is -0.422. The Morgan fingerprint density at radius 3 is 2.55 bits per heavy atom. The monoisotopic (exact) mass is 441 g/mol. The van der Waals surface area contributed by atoms with Gasteiger partial charge >= 0.3 is 0 Å². The number of benzene rings is 2. The summed E-state index contributed by atoms with van der Waals surface area (Å²) in [6.07, 6.45) is 2.74. The number of nitrogens with zero attached hydrogens (tertiary/aromatic N) is 2. The Kier molecular flexibility index (Phi) is 4.96. The molecule has 0 fully saturated rings. The lowest BCUT2D eigenvalue weighted by Gasteiger charge is -2.38. The first kappa shape index (κ1) is 21.2. The van der Waals surface area contributed by atoms with Crippen LogP contribution in [0.15, 0.2) is 66.2 Å². The van der Waals surface area contributed by atoms with E-state index in [1.807, 2.05) is 55.5 Å². The number of methoxy groups -OCH3 is 1. The highest BCUT2D eigenvalue weighted by Crippen LogP contribution is 2.48. The van der Waals surface area contributed by atoms with Crippen LogP contribution in [0.4, 0.5) is 0 Å². The number of carbonyl (C=O) groups excluding carboxylic acids is 1. The molecule has 33 heavy (non-hydrogen) atoms. The highest BCUT2D eigenvalue weighted by molar-refractivity contribution is 6.00. The van der Waals surface area contributed by atoms with Crippen LogP contribution in [0.1, 0.15) is 49.3 Å². The third-order valence-electron chi connectivity index (χ3n) is 6.52. The van der Waals surface area contributed by atoms with Crippen molar-refractivity contribution in [1.82, 2.24) is 9.55 Å². The van der Waals surface area contributed by atoms with E-state index in [0.29, 0.717) is 35.6 Å². The summed E-state index contributed by atoms with van der Waals surface area (Å²) in [5, 5.41) is 9.15. The van der Waals surface area contributed by atoms with Gasteiger partial charge in [0.15, 0.2) is 5.78 Å². The van der Waals surface area contributed by atoms with Crippen molar-refractivity contribution in [3.63, 3.8) is 0 Å². The molecule has 168 valence electrons. The summed E-state index contributed by atoms with van der Waals surface area (Å²) in [4.78, 5) is 18.1. The number of fused-ring (bicyclic) bond motifs is 1. The zero-order chi connectivity index (χ0) is 23.3. The summed E-state index contributed by atoms with van der Waals surface area (Å²) >= 11 is 0. The first-order chi connectivity index (χ1) is 15.8. The molecule has 3 aromatic rings. The van der Waals surface area contributed by atoms with Gasteiger partial charge in [-0.3, -0.25) is 14.8 Å². The number of hydrogen-bond acceptors (Lipinski definition) is 5. The van der Waals surface area contributed by atoms with Crippen LogP contribution in [-0.4, -0.2) is 22.4 Å². The van der Waals surface area contributed by atoms with Crippen molar-refractivity contribution in [2.45, 2.75) is 39.5 Å². The van der Waals surface area contributed by atoms with Crippen molar-refractivity contribution in [3.8, 4) is 17.3 Å². The summed E-state index contributed by atoms with van der Waals surface area (Å²) in [5.74, 6) is 1.46. The van der Waals surface area contributed by atoms with Gasteiger partial charge in [-0.05, 0) is 41.7 Å². The zero-order valence-corrected chi connectivity index (χ0v) is 19.3. The smallest absolute Gasteiger partial charge is 0.228 e. The van der Waals surface area contributed by atoms with Gasteiger partial charge in [0.25, 0.3) is 0 Å². The number of para-hydroxylation sites is 1. The Bertz CT molecular complexity index is 1350. The van der Waals surface area contributed by atoms with E-state index in [4.69, 9.17) is 14.9 Å². The molecule has 1 unspecified atom stereocenters. The molecule has 5 rings (SSSR count). The van der Waals surface area contributed by atoms with E-state index in [0.717, 1.165) is 22.6 Å². The van der Waals surface area contributed by atoms with Crippen LogP contribution in [0, 0.1) is 17.7 Å². The molecule has 6 nitrogen and oxygen atoms in total. The molecule has 1 aromatic heterocycles. The third kappa shape index (κ3) is 3.55. The normalized spacial score (nSPS) is 18.9. The first-order valence-electron chi connectivity index (χ1n) is 11.1. The molecular formula is C27H27N3O3. The number of hydrogen-bond donors (Lipinski definition) is 1. The van der Waals surface area contributed by atoms with Gasteiger partial charge in [-0.25, -0.2) is 4.98 Å². The summed E-state index contributed by atoms with van der Waals surface area (Å²) in [6, 6.07) is 15.6. The lowest BCUT2D eigenvalue weighted by Crippen LogP contribution is -2.37. The number of rotatable bonds is 3. The van der Waals surface area contributed by atoms with Crippen molar-refractivity contribution in [1.29, 1.82) is 5.41 Å². The molecule has 0 radical (unpaired) electrons. The summed E-state index contributed by atoms with van der Waals surface area (Å²) in [6.45, 7) is 6.17. The van der Waals surface area contributed by atoms with E-state index in [1.54, 1.807) is 18.0 Å². The third-order valence-corrected chi connectivity index (χ3v) is 6.52. The van der Waals surface area contributed by atoms with Crippen LogP contribution in [-0.2, 0) is 4.79 Å². The fourth-order valence-electron chi connectivity index (χ4n) is 4.91. The number of aromatic nitrogens is 2. The molecule has 0 spiro atoms. The van der Waals surface area contributed by atoms with E-state index >= 15 is 0 Å². The van der Waals surface area contributed by atoms with Gasteiger partial charge in [-0.1, -0.05) is 44.2 Å². The van der Waals surface area contributed by atoms with Crippen molar-refractivity contribution in [2.24, 2.45) is 5.41 Å². The van der Waals surface area contributed by atoms with Gasteiger partial charge in [-0.15, -0.1) is 0 Å². The summed E-state index contributed by atoms with van der Waals surface area (Å²) < 4.78 is 13.3. The Hall–Kier alpha value is -3.67. The van der Waals surface area contributed by atoms with E-state index < -0.39 is 5.92 Å². The molecule has 2 heterocycles. The average Bonchev–Trinajstić information content (AvgIpc) is 2.78. The minimum absolute atomic E-state index is 0.0680. The number of allylic oxidation sites excluding steroid dienone is 2. The lowest BCUT2D eigenvalue weighted by atomic mass is 9.70. The number of Topliss-reactive ketones (excluding diaryl/α,β-unsaturated/α-hetero) is 1. The molecule has 1 N–H and O–H groups in total. The maximum atomic E-state index is 13.4. The van der Waals surface area contributed by atoms with E-state index in [2.05, 4.69) is 18.8 Å². The summed E-state index contributed by atoms with van der Waals surface area (Å²) in [5.41, 5.74) is 4.16. The largest absolute Gasteiger partial charge is 0.497 e. The van der Waals surface area contributed by atoms with Gasteiger partial charge in [-0.2, -0.15) is 0 Å². The van der Waals surface area contributed by atoms with Gasteiger partial charge in [0, 0.05) is 24.3 Å². The van der Waals surface area contributed by atoms with Gasteiger partial charge < -0.3 is 9.47 Å². The molecule has 0 saturated heterocycles. The Morgan fingerprint density at radius 2 is 1.85 bits per heavy atom. The van der Waals surface area contributed by atoms with E-state index in [-0.39, 0.29) is 16.7 Å². The number of nitrogens with one attached hydrogen (secondary N) is 1. The van der Waals surface area contributed by atoms with Crippen LogP contribution < -0.4 is 15.0 Å². The highest BCUT2D eigenvalue weighted by atomic mass is 16.5. The fraction of sp³-hybridized carbons (Fsp3) is 0.296. The van der Waals surface area contributed by atoms with Crippen LogP contribution in [0.5, 0.6) is 11.6 Å². The second kappa shape index (κ2) is 7.73. The SMILES string of the molecule is COc1ccc(C2C3=C(CC(C)(C)CC3=O)Oc3ncn(-c4ccccc4C)c(=N)c32)cc1. The average molecular weight is 442 g/mol. The quantitative estimate of drug-likeness (QED) is 0.631. The predicted octanol–water partition coefficient (Wildman–Crippen LogP) is 4.84. The molecular weight excluding hydrogens is 414 g/mol. The van der Waals surface area contributed by atoms with Crippen LogP contribution in [0.3, 0.4) is 0 Å². The Labute approximate surface area is 193 Å². The molecule has 0 amide bonds. The van der Waals surface area contributed by atoms with Gasteiger partial charge in [0.1, 0.15) is 23.3 Å². The molecule has 2 aromatic carbocycles. The number of ketones is 1. The maximum Gasteiger partial charge on any atom is 0.228 e. The number of carbonyl (C=O) groups is 1. The number of ether oxygens (including phenoxy) is 2. The van der Waals surface area contributed by atoms with Crippen LogP contribution in [0.25, 0.3) is 5.69 Å². The molecule has 0 saturated carbocycles. The van der Waals surface area contributed by atoms with Crippen LogP contribution in [0.2, 0.25) is 0 Å².